The molecule has 1 aliphatic heterocycles. The summed E-state index contributed by atoms with van der Waals surface area (Å²) in [6, 6.07) is 4.11. The third kappa shape index (κ3) is 3.21. The fourth-order valence-corrected chi connectivity index (χ4v) is 2.22. The molecule has 4 nitrogen and oxygen atoms in total. The predicted octanol–water partition coefficient (Wildman–Crippen LogP) is 2.24. The third-order valence-corrected chi connectivity index (χ3v) is 3.09. The van der Waals surface area contributed by atoms with Gasteiger partial charge in [0.05, 0.1) is 18.5 Å². The minimum absolute atomic E-state index is 0. The van der Waals surface area contributed by atoms with Gasteiger partial charge in [-0.2, -0.15) is 0 Å². The molecule has 0 saturated heterocycles. The molecule has 0 bridgehead atoms. The van der Waals surface area contributed by atoms with Crippen molar-refractivity contribution in [2.45, 2.75) is 19.3 Å². The van der Waals surface area contributed by atoms with E-state index < -0.39 is 0 Å². The van der Waals surface area contributed by atoms with E-state index in [0.717, 1.165) is 50.3 Å². The minimum Gasteiger partial charge on any atom is -0.496 e. The lowest BCUT2D eigenvalue weighted by atomic mass is 10.0. The summed E-state index contributed by atoms with van der Waals surface area (Å²) in [6.07, 6.45) is 3.23. The molecule has 1 aliphatic rings. The molecule has 0 aromatic heterocycles. The van der Waals surface area contributed by atoms with Crippen LogP contribution >= 0.6 is 12.4 Å². The van der Waals surface area contributed by atoms with Crippen molar-refractivity contribution in [3.05, 3.63) is 17.7 Å². The summed E-state index contributed by atoms with van der Waals surface area (Å²) < 4.78 is 5.41. The highest BCUT2D eigenvalue weighted by molar-refractivity contribution is 5.85. The van der Waals surface area contributed by atoms with Crippen LogP contribution < -0.4 is 21.1 Å². The number of methoxy groups -OCH3 is 1. The number of nitrogens with two attached hydrogens (primary N) is 1. The lowest BCUT2D eigenvalue weighted by Gasteiger charge is -2.24. The van der Waals surface area contributed by atoms with Gasteiger partial charge in [-0.15, -0.1) is 12.4 Å². The number of nitrogens with one attached hydrogen (secondary N) is 2. The predicted molar refractivity (Wildman–Crippen MR) is 79.2 cm³/mol. The molecular weight excluding hydrogens is 250 g/mol. The maximum absolute atomic E-state index is 5.50. The number of fused-ring (bicyclic) bond motifs is 1. The SMILES string of the molecule is COc1ccc(NCCCN)c2c1CCCN2.Cl. The van der Waals surface area contributed by atoms with Crippen LogP contribution in [0.5, 0.6) is 5.75 Å². The van der Waals surface area contributed by atoms with E-state index in [4.69, 9.17) is 10.5 Å². The number of benzene rings is 1. The summed E-state index contributed by atoms with van der Waals surface area (Å²) in [5, 5.41) is 6.89. The Bertz CT molecular complexity index is 385. The third-order valence-electron chi connectivity index (χ3n) is 3.09. The highest BCUT2D eigenvalue weighted by Crippen LogP contribution is 2.36. The average molecular weight is 272 g/mol. The molecule has 0 spiro atoms. The largest absolute Gasteiger partial charge is 0.496 e. The second-order valence-corrected chi connectivity index (χ2v) is 4.27. The van der Waals surface area contributed by atoms with Gasteiger partial charge in [0.15, 0.2) is 0 Å². The fourth-order valence-electron chi connectivity index (χ4n) is 2.22. The smallest absolute Gasteiger partial charge is 0.124 e. The molecule has 0 atom stereocenters. The molecule has 0 radical (unpaired) electrons. The second kappa shape index (κ2) is 7.34. The first-order valence-corrected chi connectivity index (χ1v) is 6.24. The quantitative estimate of drug-likeness (QED) is 0.719. The molecule has 1 heterocycles. The standard InChI is InChI=1S/C13H21N3O.ClH/c1-17-12-6-5-11(15-9-3-7-14)13-10(12)4-2-8-16-13;/h5-6,15-16H,2-4,7-9,14H2,1H3;1H. The van der Waals surface area contributed by atoms with E-state index in [2.05, 4.69) is 16.7 Å². The summed E-state index contributed by atoms with van der Waals surface area (Å²) in [5.74, 6) is 0.983. The lowest BCUT2D eigenvalue weighted by Crippen LogP contribution is -2.16. The van der Waals surface area contributed by atoms with Crippen molar-refractivity contribution in [1.82, 2.24) is 0 Å². The number of anilines is 2. The second-order valence-electron chi connectivity index (χ2n) is 4.27. The first-order chi connectivity index (χ1) is 8.36. The van der Waals surface area contributed by atoms with Crippen molar-refractivity contribution in [1.29, 1.82) is 0 Å². The fraction of sp³-hybridized carbons (Fsp3) is 0.538. The van der Waals surface area contributed by atoms with Crippen LogP contribution in [0.3, 0.4) is 0 Å². The van der Waals surface area contributed by atoms with Gasteiger partial charge in [0.25, 0.3) is 0 Å². The van der Waals surface area contributed by atoms with E-state index in [1.165, 1.54) is 11.3 Å². The number of hydrogen-bond acceptors (Lipinski definition) is 4. The molecule has 0 amide bonds. The zero-order chi connectivity index (χ0) is 12.1. The van der Waals surface area contributed by atoms with Crippen LogP contribution in [0, 0.1) is 0 Å². The Morgan fingerprint density at radius 3 is 3.00 bits per heavy atom. The molecule has 1 aromatic rings. The van der Waals surface area contributed by atoms with Crippen LogP contribution in [-0.4, -0.2) is 26.7 Å². The number of ether oxygens (including phenoxy) is 1. The van der Waals surface area contributed by atoms with Crippen LogP contribution in [-0.2, 0) is 6.42 Å². The van der Waals surface area contributed by atoms with E-state index in [1.54, 1.807) is 7.11 Å². The number of rotatable bonds is 5. The van der Waals surface area contributed by atoms with E-state index in [-0.39, 0.29) is 12.4 Å². The molecule has 0 saturated carbocycles. The summed E-state index contributed by atoms with van der Waals surface area (Å²) in [5.41, 5.74) is 9.15. The van der Waals surface area contributed by atoms with Gasteiger partial charge in [-0.3, -0.25) is 0 Å². The van der Waals surface area contributed by atoms with Crippen molar-refractivity contribution in [2.75, 3.05) is 37.4 Å². The van der Waals surface area contributed by atoms with E-state index in [0.29, 0.717) is 0 Å². The van der Waals surface area contributed by atoms with Crippen LogP contribution in [0.1, 0.15) is 18.4 Å². The van der Waals surface area contributed by atoms with Gasteiger partial charge < -0.3 is 21.1 Å². The Balaban J connectivity index is 0.00000162. The van der Waals surface area contributed by atoms with Gasteiger partial charge >= 0.3 is 0 Å². The number of halogens is 1. The molecule has 0 aliphatic carbocycles. The van der Waals surface area contributed by atoms with Gasteiger partial charge in [-0.05, 0) is 37.9 Å². The van der Waals surface area contributed by atoms with Gasteiger partial charge in [-0.25, -0.2) is 0 Å². The van der Waals surface area contributed by atoms with Crippen LogP contribution in [0.15, 0.2) is 12.1 Å². The van der Waals surface area contributed by atoms with E-state index in [1.807, 2.05) is 6.07 Å². The Hall–Kier alpha value is -1.13. The van der Waals surface area contributed by atoms with Crippen LogP contribution in [0.25, 0.3) is 0 Å². The van der Waals surface area contributed by atoms with Gasteiger partial charge in [-0.1, -0.05) is 0 Å². The van der Waals surface area contributed by atoms with E-state index in [9.17, 15) is 0 Å². The van der Waals surface area contributed by atoms with E-state index >= 15 is 0 Å². The highest BCUT2D eigenvalue weighted by atomic mass is 35.5. The van der Waals surface area contributed by atoms with Crippen molar-refractivity contribution >= 4 is 23.8 Å². The molecule has 0 unspecified atom stereocenters. The highest BCUT2D eigenvalue weighted by Gasteiger charge is 2.16. The molecule has 2 rings (SSSR count). The zero-order valence-electron chi connectivity index (χ0n) is 10.8. The molecule has 102 valence electrons. The Morgan fingerprint density at radius 2 is 2.28 bits per heavy atom. The molecule has 5 heteroatoms. The van der Waals surface area contributed by atoms with Crippen molar-refractivity contribution < 1.29 is 4.74 Å². The zero-order valence-corrected chi connectivity index (χ0v) is 11.6. The molecule has 1 aromatic carbocycles. The first-order valence-electron chi connectivity index (χ1n) is 6.24. The molecule has 0 fully saturated rings. The number of hydrogen-bond donors (Lipinski definition) is 3. The van der Waals surface area contributed by atoms with Crippen molar-refractivity contribution in [3.63, 3.8) is 0 Å². The van der Waals surface area contributed by atoms with Gasteiger partial charge in [0.2, 0.25) is 0 Å². The average Bonchev–Trinajstić information content (AvgIpc) is 2.39. The van der Waals surface area contributed by atoms with Crippen molar-refractivity contribution in [3.8, 4) is 5.75 Å². The van der Waals surface area contributed by atoms with Crippen molar-refractivity contribution in [2.24, 2.45) is 5.73 Å². The van der Waals surface area contributed by atoms with Crippen LogP contribution in [0.2, 0.25) is 0 Å². The summed E-state index contributed by atoms with van der Waals surface area (Å²) in [4.78, 5) is 0. The molecular formula is C13H22ClN3O. The van der Waals surface area contributed by atoms with Gasteiger partial charge in [0, 0.05) is 18.7 Å². The minimum atomic E-state index is 0. The topological polar surface area (TPSA) is 59.3 Å². The summed E-state index contributed by atoms with van der Waals surface area (Å²) in [6.45, 7) is 2.67. The maximum Gasteiger partial charge on any atom is 0.124 e. The van der Waals surface area contributed by atoms with Gasteiger partial charge in [0.1, 0.15) is 5.75 Å². The normalized spacial score (nSPS) is 13.0. The maximum atomic E-state index is 5.50. The molecule has 18 heavy (non-hydrogen) atoms. The Kier molecular flexibility index (Phi) is 6.09. The van der Waals surface area contributed by atoms with Crippen LogP contribution in [0.4, 0.5) is 11.4 Å². The Labute approximate surface area is 115 Å². The molecule has 4 N–H and O–H groups in total. The summed E-state index contributed by atoms with van der Waals surface area (Å²) >= 11 is 0. The first kappa shape index (κ1) is 14.9. The lowest BCUT2D eigenvalue weighted by molar-refractivity contribution is 0.409. The Morgan fingerprint density at radius 1 is 1.44 bits per heavy atom. The summed E-state index contributed by atoms with van der Waals surface area (Å²) in [7, 11) is 1.73. The monoisotopic (exact) mass is 271 g/mol.